The first-order chi connectivity index (χ1) is 9.38. The van der Waals surface area contributed by atoms with Crippen molar-refractivity contribution in [1.29, 1.82) is 0 Å². The van der Waals surface area contributed by atoms with Crippen LogP contribution in [0.1, 0.15) is 19.8 Å². The van der Waals surface area contributed by atoms with Crippen molar-refractivity contribution in [3.05, 3.63) is 36.5 Å². The van der Waals surface area contributed by atoms with Gasteiger partial charge in [-0.15, -0.1) is 0 Å². The van der Waals surface area contributed by atoms with Crippen LogP contribution in [0.3, 0.4) is 0 Å². The van der Waals surface area contributed by atoms with Crippen LogP contribution in [-0.2, 0) is 0 Å². The second-order valence-electron chi connectivity index (χ2n) is 5.15. The Bertz CT molecular complexity index is 546. The Morgan fingerprint density at radius 3 is 2.84 bits per heavy atom. The molecule has 0 unspecified atom stereocenters. The van der Waals surface area contributed by atoms with Gasteiger partial charge in [-0.05, 0) is 45.0 Å². The number of nitrogens with zero attached hydrogens (tertiary/aromatic N) is 2. The summed E-state index contributed by atoms with van der Waals surface area (Å²) in [5.74, 6) is 0. The molecule has 1 aliphatic rings. The first-order valence-corrected chi connectivity index (χ1v) is 7.20. The highest BCUT2D eigenvalue weighted by Gasteiger charge is 2.20. The number of anilines is 1. The van der Waals surface area contributed by atoms with Crippen molar-refractivity contribution in [1.82, 2.24) is 10.3 Å². The van der Waals surface area contributed by atoms with Crippen LogP contribution in [0.2, 0.25) is 0 Å². The van der Waals surface area contributed by atoms with Gasteiger partial charge in [0, 0.05) is 18.0 Å². The molecule has 0 radical (unpaired) electrons. The third-order valence-electron chi connectivity index (χ3n) is 4.00. The fourth-order valence-corrected chi connectivity index (χ4v) is 2.99. The molecule has 0 atom stereocenters. The number of hydrogen-bond acceptors (Lipinski definition) is 3. The number of hydrogen-bond donors (Lipinski definition) is 1. The van der Waals surface area contributed by atoms with Crippen LogP contribution in [0.4, 0.5) is 5.69 Å². The molecule has 2 aromatic rings. The molecule has 0 saturated carbocycles. The van der Waals surface area contributed by atoms with E-state index in [-0.39, 0.29) is 0 Å². The fourth-order valence-electron chi connectivity index (χ4n) is 2.99. The SMILES string of the molecule is CCN(c1cnc2ccccc2c1)C1CCNCC1. The van der Waals surface area contributed by atoms with Gasteiger partial charge in [0.25, 0.3) is 0 Å². The lowest BCUT2D eigenvalue weighted by Gasteiger charge is -2.35. The van der Waals surface area contributed by atoms with Crippen molar-refractivity contribution in [2.45, 2.75) is 25.8 Å². The Morgan fingerprint density at radius 2 is 2.05 bits per heavy atom. The average molecular weight is 255 g/mol. The van der Waals surface area contributed by atoms with E-state index in [0.29, 0.717) is 6.04 Å². The van der Waals surface area contributed by atoms with E-state index in [1.54, 1.807) is 0 Å². The maximum Gasteiger partial charge on any atom is 0.0703 e. The van der Waals surface area contributed by atoms with Gasteiger partial charge in [-0.2, -0.15) is 0 Å². The molecule has 1 aromatic heterocycles. The van der Waals surface area contributed by atoms with E-state index in [9.17, 15) is 0 Å². The van der Waals surface area contributed by atoms with Crippen molar-refractivity contribution < 1.29 is 0 Å². The number of rotatable bonds is 3. The van der Waals surface area contributed by atoms with E-state index in [2.05, 4.69) is 46.4 Å². The maximum absolute atomic E-state index is 4.59. The largest absolute Gasteiger partial charge is 0.367 e. The molecular formula is C16H21N3. The van der Waals surface area contributed by atoms with Crippen LogP contribution in [0.15, 0.2) is 36.5 Å². The second kappa shape index (κ2) is 5.57. The van der Waals surface area contributed by atoms with E-state index in [1.165, 1.54) is 23.9 Å². The summed E-state index contributed by atoms with van der Waals surface area (Å²) in [5, 5.41) is 4.66. The van der Waals surface area contributed by atoms with Crippen LogP contribution in [0.25, 0.3) is 10.9 Å². The summed E-state index contributed by atoms with van der Waals surface area (Å²) in [6, 6.07) is 11.2. The Labute approximate surface area is 114 Å². The lowest BCUT2D eigenvalue weighted by molar-refractivity contribution is 0.433. The number of piperidine rings is 1. The highest BCUT2D eigenvalue weighted by Crippen LogP contribution is 2.24. The van der Waals surface area contributed by atoms with Gasteiger partial charge >= 0.3 is 0 Å². The molecule has 100 valence electrons. The van der Waals surface area contributed by atoms with Crippen LogP contribution in [0, 0.1) is 0 Å². The summed E-state index contributed by atoms with van der Waals surface area (Å²) in [6.45, 7) is 5.53. The van der Waals surface area contributed by atoms with E-state index in [0.717, 1.165) is 25.2 Å². The van der Waals surface area contributed by atoms with Crippen molar-refractivity contribution in [2.24, 2.45) is 0 Å². The van der Waals surface area contributed by atoms with E-state index < -0.39 is 0 Å². The van der Waals surface area contributed by atoms with E-state index in [1.807, 2.05) is 12.3 Å². The Balaban J connectivity index is 1.91. The molecule has 0 amide bonds. The smallest absolute Gasteiger partial charge is 0.0703 e. The van der Waals surface area contributed by atoms with Gasteiger partial charge in [0.05, 0.1) is 17.4 Å². The molecule has 0 bridgehead atoms. The molecule has 1 fully saturated rings. The second-order valence-corrected chi connectivity index (χ2v) is 5.15. The van der Waals surface area contributed by atoms with Gasteiger partial charge in [0.2, 0.25) is 0 Å². The summed E-state index contributed by atoms with van der Waals surface area (Å²) in [5.41, 5.74) is 2.33. The monoisotopic (exact) mass is 255 g/mol. The van der Waals surface area contributed by atoms with Crippen molar-refractivity contribution in [3.63, 3.8) is 0 Å². The molecule has 1 N–H and O–H groups in total. The Hall–Kier alpha value is -1.61. The molecule has 1 saturated heterocycles. The maximum atomic E-state index is 4.59. The summed E-state index contributed by atoms with van der Waals surface area (Å²) in [7, 11) is 0. The molecule has 3 rings (SSSR count). The normalized spacial score (nSPS) is 16.7. The standard InChI is InChI=1S/C16H21N3/c1-2-19(14-7-9-17-10-8-14)15-11-13-5-3-4-6-16(13)18-12-15/h3-6,11-12,14,17H,2,7-10H2,1H3. The van der Waals surface area contributed by atoms with Crippen molar-refractivity contribution in [2.75, 3.05) is 24.5 Å². The topological polar surface area (TPSA) is 28.2 Å². The number of nitrogens with one attached hydrogen (secondary N) is 1. The summed E-state index contributed by atoms with van der Waals surface area (Å²) in [4.78, 5) is 7.09. The predicted octanol–water partition coefficient (Wildman–Crippen LogP) is 2.81. The molecular weight excluding hydrogens is 234 g/mol. The first kappa shape index (κ1) is 12.4. The number of pyridine rings is 1. The minimum atomic E-state index is 0.647. The molecule has 3 heteroatoms. The minimum Gasteiger partial charge on any atom is -0.367 e. The quantitative estimate of drug-likeness (QED) is 0.914. The number of benzene rings is 1. The molecule has 3 nitrogen and oxygen atoms in total. The molecule has 0 spiro atoms. The lowest BCUT2D eigenvalue weighted by Crippen LogP contribution is -2.43. The Morgan fingerprint density at radius 1 is 1.26 bits per heavy atom. The van der Waals surface area contributed by atoms with Crippen molar-refractivity contribution >= 4 is 16.6 Å². The van der Waals surface area contributed by atoms with Crippen LogP contribution >= 0.6 is 0 Å². The Kier molecular flexibility index (Phi) is 3.65. The number of aromatic nitrogens is 1. The zero-order valence-electron chi connectivity index (χ0n) is 11.5. The van der Waals surface area contributed by atoms with Gasteiger partial charge in [-0.1, -0.05) is 18.2 Å². The van der Waals surface area contributed by atoms with Crippen LogP contribution < -0.4 is 10.2 Å². The third kappa shape index (κ3) is 2.56. The number of para-hydroxylation sites is 1. The predicted molar refractivity (Wildman–Crippen MR) is 80.7 cm³/mol. The molecule has 0 aliphatic carbocycles. The highest BCUT2D eigenvalue weighted by molar-refractivity contribution is 5.81. The van der Waals surface area contributed by atoms with Gasteiger partial charge in [-0.25, -0.2) is 0 Å². The molecule has 19 heavy (non-hydrogen) atoms. The molecule has 2 heterocycles. The summed E-state index contributed by atoms with van der Waals surface area (Å²) in [6.07, 6.45) is 4.47. The average Bonchev–Trinajstić information content (AvgIpc) is 2.49. The summed E-state index contributed by atoms with van der Waals surface area (Å²) >= 11 is 0. The van der Waals surface area contributed by atoms with Gasteiger partial charge in [0.15, 0.2) is 0 Å². The van der Waals surface area contributed by atoms with Gasteiger partial charge < -0.3 is 10.2 Å². The molecule has 1 aromatic carbocycles. The number of fused-ring (bicyclic) bond motifs is 1. The van der Waals surface area contributed by atoms with Gasteiger partial charge in [0.1, 0.15) is 0 Å². The zero-order valence-corrected chi connectivity index (χ0v) is 11.5. The van der Waals surface area contributed by atoms with E-state index >= 15 is 0 Å². The van der Waals surface area contributed by atoms with E-state index in [4.69, 9.17) is 0 Å². The lowest BCUT2D eigenvalue weighted by atomic mass is 10.0. The molecule has 1 aliphatic heterocycles. The first-order valence-electron chi connectivity index (χ1n) is 7.20. The van der Waals surface area contributed by atoms with Crippen LogP contribution in [-0.4, -0.2) is 30.7 Å². The minimum absolute atomic E-state index is 0.647. The van der Waals surface area contributed by atoms with Crippen LogP contribution in [0.5, 0.6) is 0 Å². The van der Waals surface area contributed by atoms with Crippen molar-refractivity contribution in [3.8, 4) is 0 Å². The zero-order chi connectivity index (χ0) is 13.1. The van der Waals surface area contributed by atoms with Gasteiger partial charge in [-0.3, -0.25) is 4.98 Å². The highest BCUT2D eigenvalue weighted by atomic mass is 15.2. The summed E-state index contributed by atoms with van der Waals surface area (Å²) < 4.78 is 0. The fraction of sp³-hybridized carbons (Fsp3) is 0.438. The third-order valence-corrected chi connectivity index (χ3v) is 4.00.